The fourth-order valence-electron chi connectivity index (χ4n) is 2.21. The zero-order valence-electron chi connectivity index (χ0n) is 12.3. The predicted molar refractivity (Wildman–Crippen MR) is 38.7 cm³/mol. The quantitative estimate of drug-likeness (QED) is 0.333. The number of hydrogen-bond acceptors (Lipinski definition) is 8. The number of carboxylic acid groups (broad SMARTS) is 4. The second-order valence-electron chi connectivity index (χ2n) is 3.81. The normalized spacial score (nSPS) is 21.3. The summed E-state index contributed by atoms with van der Waals surface area (Å²) in [6.07, 6.45) is -1.18. The summed E-state index contributed by atoms with van der Waals surface area (Å²) in [5, 5.41) is 43.0. The molecule has 1 saturated carbocycles. The van der Waals surface area contributed by atoms with E-state index in [4.69, 9.17) is 0 Å². The van der Waals surface area contributed by atoms with E-state index in [1.807, 2.05) is 0 Å². The minimum Gasteiger partial charge on any atom is -0.550 e. The third kappa shape index (κ3) is 7.52. The molecule has 0 heterocycles. The summed E-state index contributed by atoms with van der Waals surface area (Å²) >= 11 is 0. The predicted octanol–water partition coefficient (Wildman–Crippen LogP) is -18.0. The molecule has 94 valence electrons. The zero-order chi connectivity index (χ0) is 13.4. The Balaban J connectivity index is -0.000000361. The first-order chi connectivity index (χ1) is 7.75. The van der Waals surface area contributed by atoms with Crippen LogP contribution in [-0.4, -0.2) is 23.9 Å². The molecule has 0 amide bonds. The fraction of sp³-hybridized carbons (Fsp3) is 0.556. The molecular formula is C9H6K4O8. The summed E-state index contributed by atoms with van der Waals surface area (Å²) in [6.45, 7) is 0. The first kappa shape index (κ1) is 33.0. The summed E-state index contributed by atoms with van der Waals surface area (Å²) in [5.41, 5.74) is -2.89. The molecule has 2 unspecified atom stereocenters. The summed E-state index contributed by atoms with van der Waals surface area (Å²) in [5.74, 6) is -12.3. The summed E-state index contributed by atoms with van der Waals surface area (Å²) in [6, 6.07) is 0. The average Bonchev–Trinajstić information content (AvgIpc) is 2.57. The third-order valence-corrected chi connectivity index (χ3v) is 3.07. The molecule has 1 rings (SSSR count). The van der Waals surface area contributed by atoms with E-state index in [2.05, 4.69) is 0 Å². The van der Waals surface area contributed by atoms with Gasteiger partial charge in [0.05, 0.1) is 17.4 Å². The van der Waals surface area contributed by atoms with Crippen LogP contribution < -0.4 is 226 Å². The first-order valence-electron chi connectivity index (χ1n) is 4.59. The number of rotatable bonds is 4. The van der Waals surface area contributed by atoms with E-state index in [1.165, 1.54) is 0 Å². The maximum Gasteiger partial charge on any atom is 1.00 e. The Bertz CT molecular complexity index is 399. The molecule has 12 heteroatoms. The van der Waals surface area contributed by atoms with Crippen LogP contribution in [0.15, 0.2) is 0 Å². The average molecular weight is 399 g/mol. The number of aliphatic carboxylic acids is 4. The molecule has 1 aliphatic rings. The van der Waals surface area contributed by atoms with Crippen molar-refractivity contribution in [2.45, 2.75) is 12.8 Å². The molecule has 0 spiro atoms. The van der Waals surface area contributed by atoms with E-state index in [0.717, 1.165) is 0 Å². The molecule has 0 bridgehead atoms. The molecule has 0 aromatic rings. The van der Waals surface area contributed by atoms with E-state index in [1.54, 1.807) is 0 Å². The van der Waals surface area contributed by atoms with Gasteiger partial charge in [-0.25, -0.2) is 0 Å². The van der Waals surface area contributed by atoms with Gasteiger partial charge in [0, 0.05) is 23.8 Å². The number of hydrogen-bond donors (Lipinski definition) is 0. The van der Waals surface area contributed by atoms with Gasteiger partial charge in [0.25, 0.3) is 0 Å². The third-order valence-electron chi connectivity index (χ3n) is 3.07. The number of carbonyl (C=O) groups excluding carboxylic acids is 4. The van der Waals surface area contributed by atoms with Crippen molar-refractivity contribution in [1.29, 1.82) is 0 Å². The second kappa shape index (κ2) is 14.5. The van der Waals surface area contributed by atoms with Gasteiger partial charge >= 0.3 is 206 Å². The van der Waals surface area contributed by atoms with Crippen molar-refractivity contribution < 1.29 is 245 Å². The van der Waals surface area contributed by atoms with Gasteiger partial charge in [0.1, 0.15) is 0 Å². The van der Waals surface area contributed by atoms with Gasteiger partial charge < -0.3 is 39.6 Å². The van der Waals surface area contributed by atoms with E-state index >= 15 is 0 Å². The number of carboxylic acids is 4. The molecule has 21 heavy (non-hydrogen) atoms. The van der Waals surface area contributed by atoms with Gasteiger partial charge in [-0.2, -0.15) is 0 Å². The minimum atomic E-state index is -2.89. The maximum atomic E-state index is 10.8. The monoisotopic (exact) mass is 398 g/mol. The molecule has 1 fully saturated rings. The Hall–Kier alpha value is 4.43. The van der Waals surface area contributed by atoms with E-state index < -0.39 is 54.0 Å². The SMILES string of the molecule is O=C([O-])C1CCC(C(=O)[O-])(C(=O)[O-])C1C(=O)[O-].[K+].[K+].[K+].[K+]. The minimum absolute atomic E-state index is 0. The van der Waals surface area contributed by atoms with Crippen LogP contribution in [0, 0.1) is 17.3 Å². The van der Waals surface area contributed by atoms with Gasteiger partial charge in [0.2, 0.25) is 0 Å². The van der Waals surface area contributed by atoms with Crippen molar-refractivity contribution in [1.82, 2.24) is 0 Å². The molecule has 0 aromatic carbocycles. The van der Waals surface area contributed by atoms with Crippen molar-refractivity contribution in [3.05, 3.63) is 0 Å². The Morgan fingerprint density at radius 1 is 0.762 bits per heavy atom. The smallest absolute Gasteiger partial charge is 0.550 e. The van der Waals surface area contributed by atoms with Crippen LogP contribution in [0.4, 0.5) is 0 Å². The Kier molecular flexibility index (Phi) is 22.8. The van der Waals surface area contributed by atoms with Crippen molar-refractivity contribution in [2.24, 2.45) is 17.3 Å². The molecule has 8 nitrogen and oxygen atoms in total. The van der Waals surface area contributed by atoms with Gasteiger partial charge in [-0.1, -0.05) is 0 Å². The van der Waals surface area contributed by atoms with Crippen LogP contribution >= 0.6 is 0 Å². The summed E-state index contributed by atoms with van der Waals surface area (Å²) in [7, 11) is 0. The van der Waals surface area contributed by atoms with Crippen molar-refractivity contribution >= 4 is 23.9 Å². The molecule has 2 atom stereocenters. The molecule has 0 aliphatic heterocycles. The van der Waals surface area contributed by atoms with Crippen LogP contribution in [0.5, 0.6) is 0 Å². The zero-order valence-corrected chi connectivity index (χ0v) is 24.8. The van der Waals surface area contributed by atoms with Crippen LogP contribution in [0.25, 0.3) is 0 Å². The Morgan fingerprint density at radius 3 is 1.38 bits per heavy atom. The van der Waals surface area contributed by atoms with Crippen molar-refractivity contribution in [2.75, 3.05) is 0 Å². The maximum absolute atomic E-state index is 10.8. The van der Waals surface area contributed by atoms with Crippen LogP contribution in [0.3, 0.4) is 0 Å². The Morgan fingerprint density at radius 2 is 1.14 bits per heavy atom. The summed E-state index contributed by atoms with van der Waals surface area (Å²) in [4.78, 5) is 43.0. The van der Waals surface area contributed by atoms with Crippen LogP contribution in [0.2, 0.25) is 0 Å². The molecule has 1 aliphatic carbocycles. The molecule has 0 saturated heterocycles. The van der Waals surface area contributed by atoms with Gasteiger partial charge in [-0.3, -0.25) is 0 Å². The van der Waals surface area contributed by atoms with Gasteiger partial charge in [-0.05, 0) is 12.8 Å². The van der Waals surface area contributed by atoms with E-state index in [-0.39, 0.29) is 206 Å². The largest absolute Gasteiger partial charge is 1.00 e. The molecule has 0 aromatic heterocycles. The first-order valence-corrected chi connectivity index (χ1v) is 4.59. The standard InChI is InChI=1S/C9H10O8.4K/c10-5(11)3-1-2-9(7(14)15,8(16)17)4(3)6(12)13;;;;/h3-4H,1-2H2,(H,10,11)(H,12,13)(H,14,15)(H,16,17);;;;/q;4*+1/p-4. The second-order valence-corrected chi connectivity index (χ2v) is 3.81. The van der Waals surface area contributed by atoms with Crippen molar-refractivity contribution in [3.8, 4) is 0 Å². The number of carbonyl (C=O) groups is 4. The molecular weight excluding hydrogens is 392 g/mol. The van der Waals surface area contributed by atoms with E-state index in [0.29, 0.717) is 0 Å². The van der Waals surface area contributed by atoms with Gasteiger partial charge in [-0.15, -0.1) is 0 Å². The summed E-state index contributed by atoms with van der Waals surface area (Å²) < 4.78 is 0. The van der Waals surface area contributed by atoms with Crippen LogP contribution in [-0.2, 0) is 19.2 Å². The fourth-order valence-corrected chi connectivity index (χ4v) is 2.21. The Labute approximate surface area is 290 Å². The van der Waals surface area contributed by atoms with Crippen LogP contribution in [0.1, 0.15) is 12.8 Å². The van der Waals surface area contributed by atoms with E-state index in [9.17, 15) is 39.6 Å². The molecule has 0 radical (unpaired) electrons. The van der Waals surface area contributed by atoms with Gasteiger partial charge in [0.15, 0.2) is 0 Å². The molecule has 0 N–H and O–H groups in total. The van der Waals surface area contributed by atoms with Crippen molar-refractivity contribution in [3.63, 3.8) is 0 Å². The topological polar surface area (TPSA) is 161 Å².